The van der Waals surface area contributed by atoms with Gasteiger partial charge in [0.25, 0.3) is 0 Å². The van der Waals surface area contributed by atoms with Crippen molar-refractivity contribution in [1.29, 1.82) is 0 Å². The highest BCUT2D eigenvalue weighted by Gasteiger charge is 2.30. The predicted molar refractivity (Wildman–Crippen MR) is 125 cm³/mol. The van der Waals surface area contributed by atoms with E-state index < -0.39 is 10.0 Å². The Labute approximate surface area is 198 Å². The Balaban J connectivity index is 1.48. The second kappa shape index (κ2) is 8.82. The van der Waals surface area contributed by atoms with E-state index in [1.165, 1.54) is 33.8 Å². The Kier molecular flexibility index (Phi) is 6.51. The standard InChI is InChI=1S/C19H15Cl4N3O2S2/c20-12-1-2-16(17(23)10-12)18-11-29-19(24-18)25-3-5-26(6-4-25)30(27,28)15-8-13(21)7-14(22)9-15/h1-2,7-11H,3-6H2. The Morgan fingerprint density at radius 3 is 2.17 bits per heavy atom. The lowest BCUT2D eigenvalue weighted by molar-refractivity contribution is 0.385. The van der Waals surface area contributed by atoms with Crippen LogP contribution < -0.4 is 4.90 Å². The Hall–Kier alpha value is -1.06. The highest BCUT2D eigenvalue weighted by Crippen LogP contribution is 2.34. The third kappa shape index (κ3) is 4.58. The van der Waals surface area contributed by atoms with E-state index in [4.69, 9.17) is 46.4 Å². The third-order valence-corrected chi connectivity index (χ3v) is 8.44. The molecular formula is C19H15Cl4N3O2S2. The molecule has 2 heterocycles. The molecule has 0 saturated carbocycles. The van der Waals surface area contributed by atoms with Crippen molar-refractivity contribution in [3.63, 3.8) is 0 Å². The Morgan fingerprint density at radius 2 is 1.53 bits per heavy atom. The van der Waals surface area contributed by atoms with Crippen LogP contribution >= 0.6 is 57.7 Å². The summed E-state index contributed by atoms with van der Waals surface area (Å²) >= 11 is 25.7. The number of thiazole rings is 1. The molecule has 11 heteroatoms. The quantitative estimate of drug-likeness (QED) is 0.425. The molecule has 0 spiro atoms. The number of benzene rings is 2. The molecule has 0 bridgehead atoms. The van der Waals surface area contributed by atoms with Gasteiger partial charge in [0.05, 0.1) is 15.6 Å². The average Bonchev–Trinajstić information content (AvgIpc) is 3.17. The highest BCUT2D eigenvalue weighted by atomic mass is 35.5. The van der Waals surface area contributed by atoms with Gasteiger partial charge < -0.3 is 4.90 Å². The number of hydrogen-bond donors (Lipinski definition) is 0. The molecule has 4 rings (SSSR count). The number of rotatable bonds is 4. The molecule has 30 heavy (non-hydrogen) atoms. The molecule has 0 atom stereocenters. The lowest BCUT2D eigenvalue weighted by atomic mass is 10.2. The van der Waals surface area contributed by atoms with Crippen molar-refractivity contribution in [3.05, 3.63) is 61.9 Å². The van der Waals surface area contributed by atoms with E-state index in [1.807, 2.05) is 11.4 Å². The second-order valence-electron chi connectivity index (χ2n) is 6.64. The first-order chi connectivity index (χ1) is 14.2. The number of halogens is 4. The Morgan fingerprint density at radius 1 is 0.867 bits per heavy atom. The van der Waals surface area contributed by atoms with E-state index in [2.05, 4.69) is 9.88 Å². The maximum Gasteiger partial charge on any atom is 0.243 e. The van der Waals surface area contributed by atoms with Gasteiger partial charge in [0, 0.05) is 52.2 Å². The van der Waals surface area contributed by atoms with E-state index in [0.29, 0.717) is 36.2 Å². The van der Waals surface area contributed by atoms with Crippen LogP contribution in [0.2, 0.25) is 20.1 Å². The van der Waals surface area contributed by atoms with Crippen molar-refractivity contribution < 1.29 is 8.42 Å². The van der Waals surface area contributed by atoms with E-state index >= 15 is 0 Å². The molecule has 1 aromatic heterocycles. The summed E-state index contributed by atoms with van der Waals surface area (Å²) in [5.74, 6) is 0. The molecule has 1 fully saturated rings. The molecule has 0 N–H and O–H groups in total. The molecular weight excluding hydrogens is 508 g/mol. The van der Waals surface area contributed by atoms with Gasteiger partial charge in [0.15, 0.2) is 5.13 Å². The van der Waals surface area contributed by atoms with Crippen molar-refractivity contribution in [3.8, 4) is 11.3 Å². The summed E-state index contributed by atoms with van der Waals surface area (Å²) in [6, 6.07) is 9.63. The first-order valence-corrected chi connectivity index (χ1v) is 12.7. The van der Waals surface area contributed by atoms with Gasteiger partial charge in [0.1, 0.15) is 0 Å². The van der Waals surface area contributed by atoms with Gasteiger partial charge in [-0.05, 0) is 36.4 Å². The third-order valence-electron chi connectivity index (χ3n) is 4.68. The maximum absolute atomic E-state index is 12.9. The van der Waals surface area contributed by atoms with Crippen molar-refractivity contribution in [2.75, 3.05) is 31.1 Å². The fourth-order valence-corrected chi connectivity index (χ4v) is 6.71. The van der Waals surface area contributed by atoms with Crippen LogP contribution in [0.25, 0.3) is 11.3 Å². The van der Waals surface area contributed by atoms with Crippen LogP contribution in [0.1, 0.15) is 0 Å². The van der Waals surface area contributed by atoms with Gasteiger partial charge in [-0.25, -0.2) is 13.4 Å². The maximum atomic E-state index is 12.9. The fraction of sp³-hybridized carbons (Fsp3) is 0.211. The minimum absolute atomic E-state index is 0.0994. The Bertz CT molecular complexity index is 1170. The molecule has 0 amide bonds. The van der Waals surface area contributed by atoms with Gasteiger partial charge in [0.2, 0.25) is 10.0 Å². The zero-order valence-corrected chi connectivity index (χ0v) is 20.0. The van der Waals surface area contributed by atoms with E-state index in [1.54, 1.807) is 12.1 Å². The van der Waals surface area contributed by atoms with Crippen LogP contribution in [-0.2, 0) is 10.0 Å². The summed E-state index contributed by atoms with van der Waals surface area (Å²) in [5, 5.41) is 4.43. The highest BCUT2D eigenvalue weighted by molar-refractivity contribution is 7.89. The second-order valence-corrected chi connectivity index (χ2v) is 11.1. The predicted octanol–water partition coefficient (Wildman–Crippen LogP) is 5.93. The van der Waals surface area contributed by atoms with Gasteiger partial charge in [-0.3, -0.25) is 0 Å². The summed E-state index contributed by atoms with van der Waals surface area (Å²) in [6.07, 6.45) is 0. The molecule has 1 aliphatic rings. The van der Waals surface area contributed by atoms with E-state index in [0.717, 1.165) is 16.4 Å². The number of piperazine rings is 1. The minimum atomic E-state index is -3.67. The molecule has 1 aliphatic heterocycles. The first kappa shape index (κ1) is 22.1. The lowest BCUT2D eigenvalue weighted by Gasteiger charge is -2.33. The number of nitrogens with zero attached hydrogens (tertiary/aromatic N) is 3. The molecule has 0 unspecified atom stereocenters. The van der Waals surface area contributed by atoms with Gasteiger partial charge in [-0.15, -0.1) is 11.3 Å². The van der Waals surface area contributed by atoms with Gasteiger partial charge in [-0.1, -0.05) is 46.4 Å². The van der Waals surface area contributed by atoms with E-state index in [-0.39, 0.29) is 14.9 Å². The first-order valence-electron chi connectivity index (χ1n) is 8.86. The minimum Gasteiger partial charge on any atom is -0.345 e. The molecule has 3 aromatic rings. The number of sulfonamides is 1. The van der Waals surface area contributed by atoms with Crippen LogP contribution in [0.5, 0.6) is 0 Å². The topological polar surface area (TPSA) is 53.5 Å². The molecule has 1 saturated heterocycles. The molecule has 0 radical (unpaired) electrons. The zero-order valence-electron chi connectivity index (χ0n) is 15.4. The largest absolute Gasteiger partial charge is 0.345 e. The normalized spacial score (nSPS) is 15.5. The molecule has 0 aliphatic carbocycles. The van der Waals surface area contributed by atoms with Gasteiger partial charge in [-0.2, -0.15) is 4.31 Å². The molecule has 158 valence electrons. The van der Waals surface area contributed by atoms with Crippen LogP contribution in [0.3, 0.4) is 0 Å². The van der Waals surface area contributed by atoms with Gasteiger partial charge >= 0.3 is 0 Å². The number of anilines is 1. The summed E-state index contributed by atoms with van der Waals surface area (Å²) in [6.45, 7) is 1.72. The summed E-state index contributed by atoms with van der Waals surface area (Å²) < 4.78 is 27.3. The van der Waals surface area contributed by atoms with Crippen molar-refractivity contribution >= 4 is 72.9 Å². The summed E-state index contributed by atoms with van der Waals surface area (Å²) in [4.78, 5) is 6.84. The fourth-order valence-electron chi connectivity index (χ4n) is 3.18. The molecule has 2 aromatic carbocycles. The lowest BCUT2D eigenvalue weighted by Crippen LogP contribution is -2.48. The smallest absolute Gasteiger partial charge is 0.243 e. The van der Waals surface area contributed by atoms with Crippen LogP contribution in [0, 0.1) is 0 Å². The van der Waals surface area contributed by atoms with Crippen molar-refractivity contribution in [1.82, 2.24) is 9.29 Å². The SMILES string of the molecule is O=S(=O)(c1cc(Cl)cc(Cl)c1)N1CCN(c2nc(-c3ccc(Cl)cc3Cl)cs2)CC1. The average molecular weight is 523 g/mol. The zero-order chi connectivity index (χ0) is 21.5. The number of aromatic nitrogens is 1. The van der Waals surface area contributed by atoms with Crippen molar-refractivity contribution in [2.45, 2.75) is 4.90 Å². The summed E-state index contributed by atoms with van der Waals surface area (Å²) in [5.41, 5.74) is 1.57. The van der Waals surface area contributed by atoms with Crippen LogP contribution in [0.4, 0.5) is 5.13 Å². The number of hydrogen-bond acceptors (Lipinski definition) is 5. The monoisotopic (exact) mass is 521 g/mol. The van der Waals surface area contributed by atoms with E-state index in [9.17, 15) is 8.42 Å². The van der Waals surface area contributed by atoms with Crippen LogP contribution in [0.15, 0.2) is 46.7 Å². The van der Waals surface area contributed by atoms with Crippen molar-refractivity contribution in [2.24, 2.45) is 0 Å². The van der Waals surface area contributed by atoms with Crippen LogP contribution in [-0.4, -0.2) is 43.9 Å². The molecule has 5 nitrogen and oxygen atoms in total. The summed E-state index contributed by atoms with van der Waals surface area (Å²) in [7, 11) is -3.67.